The second-order valence-corrected chi connectivity index (χ2v) is 20.0. The highest BCUT2D eigenvalue weighted by Gasteiger charge is 2.18. The summed E-state index contributed by atoms with van der Waals surface area (Å²) in [5.41, 5.74) is 0. The number of hydrogen-bond acceptors (Lipinski definition) is 5. The summed E-state index contributed by atoms with van der Waals surface area (Å²) in [5, 5.41) is 23.1. The lowest BCUT2D eigenvalue weighted by Gasteiger charge is -2.20. The van der Waals surface area contributed by atoms with Gasteiger partial charge in [0.15, 0.2) is 0 Å². The summed E-state index contributed by atoms with van der Waals surface area (Å²) in [7, 11) is 0. The van der Waals surface area contributed by atoms with Gasteiger partial charge in [0.05, 0.1) is 25.4 Å². The van der Waals surface area contributed by atoms with E-state index in [-0.39, 0.29) is 18.5 Å². The zero-order valence-electron chi connectivity index (χ0n) is 43.7. The van der Waals surface area contributed by atoms with Gasteiger partial charge in [0.2, 0.25) is 5.91 Å². The molecule has 2 unspecified atom stereocenters. The van der Waals surface area contributed by atoms with E-state index in [1.807, 2.05) is 6.08 Å². The summed E-state index contributed by atoms with van der Waals surface area (Å²) in [6, 6.07) is -0.642. The first kappa shape index (κ1) is 63.3. The molecule has 0 spiro atoms. The van der Waals surface area contributed by atoms with Gasteiger partial charge in [-0.3, -0.25) is 9.59 Å². The summed E-state index contributed by atoms with van der Waals surface area (Å²) in [5.74, 6) is -0.102. The zero-order chi connectivity index (χ0) is 47.2. The van der Waals surface area contributed by atoms with Crippen LogP contribution in [0.4, 0.5) is 0 Å². The topological polar surface area (TPSA) is 95.9 Å². The van der Waals surface area contributed by atoms with E-state index < -0.39 is 12.1 Å². The molecule has 6 heteroatoms. The number of carbonyl (C=O) groups is 2. The molecule has 0 rings (SSSR count). The van der Waals surface area contributed by atoms with E-state index in [0.29, 0.717) is 19.4 Å². The Morgan fingerprint density at radius 3 is 1.09 bits per heavy atom. The van der Waals surface area contributed by atoms with Gasteiger partial charge in [-0.2, -0.15) is 0 Å². The zero-order valence-corrected chi connectivity index (χ0v) is 43.7. The lowest BCUT2D eigenvalue weighted by molar-refractivity contribution is -0.143. The maximum atomic E-state index is 12.5. The summed E-state index contributed by atoms with van der Waals surface area (Å²) in [4.78, 5) is 24.6. The number of esters is 1. The minimum Gasteiger partial charge on any atom is -0.466 e. The number of aliphatic hydroxyl groups excluding tert-OH is 2. The Morgan fingerprint density at radius 1 is 0.415 bits per heavy atom. The fraction of sp³-hybridized carbons (Fsp3) is 0.898. The van der Waals surface area contributed by atoms with E-state index in [4.69, 9.17) is 4.74 Å². The predicted octanol–water partition coefficient (Wildman–Crippen LogP) is 17.9. The van der Waals surface area contributed by atoms with E-state index >= 15 is 0 Å². The van der Waals surface area contributed by atoms with Crippen LogP contribution in [0, 0.1) is 0 Å². The summed E-state index contributed by atoms with van der Waals surface area (Å²) >= 11 is 0. The molecule has 0 radical (unpaired) electrons. The number of amides is 1. The first-order valence-electron chi connectivity index (χ1n) is 29.1. The molecule has 65 heavy (non-hydrogen) atoms. The van der Waals surface area contributed by atoms with Crippen LogP contribution in [-0.2, 0) is 14.3 Å². The highest BCUT2D eigenvalue weighted by Crippen LogP contribution is 2.17. The molecule has 0 aromatic rings. The van der Waals surface area contributed by atoms with E-state index in [2.05, 4.69) is 31.3 Å². The molecule has 0 fully saturated rings. The number of hydrogen-bond donors (Lipinski definition) is 3. The summed E-state index contributed by atoms with van der Waals surface area (Å²) < 4.78 is 5.47. The van der Waals surface area contributed by atoms with Crippen molar-refractivity contribution in [3.8, 4) is 0 Å². The molecule has 0 saturated heterocycles. The van der Waals surface area contributed by atoms with Crippen molar-refractivity contribution in [2.45, 2.75) is 328 Å². The van der Waals surface area contributed by atoms with Crippen LogP contribution in [0.25, 0.3) is 0 Å². The number of carbonyl (C=O) groups excluding carboxylic acids is 2. The summed E-state index contributed by atoms with van der Waals surface area (Å²) in [6.07, 6.45) is 66.2. The highest BCUT2D eigenvalue weighted by molar-refractivity contribution is 5.76. The van der Waals surface area contributed by atoms with Gasteiger partial charge in [-0.1, -0.05) is 269 Å². The van der Waals surface area contributed by atoms with Gasteiger partial charge >= 0.3 is 5.97 Å². The third-order valence-corrected chi connectivity index (χ3v) is 13.5. The van der Waals surface area contributed by atoms with E-state index in [9.17, 15) is 19.8 Å². The molecular weight excluding hydrogens is 803 g/mol. The maximum absolute atomic E-state index is 12.5. The first-order valence-corrected chi connectivity index (χ1v) is 29.1. The Hall–Kier alpha value is -1.66. The van der Waals surface area contributed by atoms with Crippen LogP contribution in [0.15, 0.2) is 24.3 Å². The first-order chi connectivity index (χ1) is 32.0. The van der Waals surface area contributed by atoms with Crippen LogP contribution in [0.5, 0.6) is 0 Å². The number of ether oxygens (including phenoxy) is 1. The average molecular weight is 917 g/mol. The van der Waals surface area contributed by atoms with Gasteiger partial charge < -0.3 is 20.3 Å². The molecule has 2 atom stereocenters. The largest absolute Gasteiger partial charge is 0.466 e. The van der Waals surface area contributed by atoms with Crippen LogP contribution in [-0.4, -0.2) is 47.4 Å². The average Bonchev–Trinajstić information content (AvgIpc) is 3.31. The van der Waals surface area contributed by atoms with E-state index in [0.717, 1.165) is 57.8 Å². The van der Waals surface area contributed by atoms with Crippen molar-refractivity contribution in [2.75, 3.05) is 13.2 Å². The van der Waals surface area contributed by atoms with Gasteiger partial charge in [0.1, 0.15) is 0 Å². The predicted molar refractivity (Wildman–Crippen MR) is 283 cm³/mol. The molecule has 0 aromatic carbocycles. The Kier molecular flexibility index (Phi) is 53.5. The van der Waals surface area contributed by atoms with Crippen LogP contribution >= 0.6 is 0 Å². The molecule has 3 N–H and O–H groups in total. The number of allylic oxidation sites excluding steroid dienone is 3. The van der Waals surface area contributed by atoms with Crippen molar-refractivity contribution in [3.63, 3.8) is 0 Å². The van der Waals surface area contributed by atoms with Crippen molar-refractivity contribution in [3.05, 3.63) is 24.3 Å². The molecule has 6 nitrogen and oxygen atoms in total. The summed E-state index contributed by atoms with van der Waals surface area (Å²) in [6.45, 7) is 4.88. The monoisotopic (exact) mass is 916 g/mol. The highest BCUT2D eigenvalue weighted by atomic mass is 16.5. The fourth-order valence-corrected chi connectivity index (χ4v) is 8.98. The molecule has 0 aliphatic rings. The number of aliphatic hydroxyl groups is 2. The third kappa shape index (κ3) is 51.6. The van der Waals surface area contributed by atoms with Gasteiger partial charge in [-0.05, 0) is 57.8 Å². The van der Waals surface area contributed by atoms with Crippen molar-refractivity contribution in [1.82, 2.24) is 5.32 Å². The lowest BCUT2D eigenvalue weighted by atomic mass is 10.0. The van der Waals surface area contributed by atoms with Gasteiger partial charge in [0, 0.05) is 12.8 Å². The Balaban J connectivity index is 3.49. The SMILES string of the molecule is CCCCCCCCC/C=C\CCCCCCCCCC(=O)OCCCCCCCCCCCCCC(=O)NC(CO)C(O)/C=C/CCCCCCCCCCCCCCCCCCC. The molecule has 384 valence electrons. The Labute approximate surface area is 405 Å². The Bertz CT molecular complexity index is 1010. The van der Waals surface area contributed by atoms with Crippen molar-refractivity contribution in [2.24, 2.45) is 0 Å². The van der Waals surface area contributed by atoms with Crippen molar-refractivity contribution < 1.29 is 24.5 Å². The normalized spacial score (nSPS) is 12.7. The lowest BCUT2D eigenvalue weighted by Crippen LogP contribution is -2.45. The number of unbranched alkanes of at least 4 members (excludes halogenated alkanes) is 41. The van der Waals surface area contributed by atoms with Crippen LogP contribution in [0.2, 0.25) is 0 Å². The second kappa shape index (κ2) is 54.9. The fourth-order valence-electron chi connectivity index (χ4n) is 8.98. The van der Waals surface area contributed by atoms with E-state index in [1.54, 1.807) is 6.08 Å². The molecular formula is C59H113NO5. The molecule has 0 saturated carbocycles. The molecule has 0 aliphatic heterocycles. The minimum atomic E-state index is -0.857. The number of nitrogens with one attached hydrogen (secondary N) is 1. The Morgan fingerprint density at radius 2 is 0.723 bits per heavy atom. The van der Waals surface area contributed by atoms with Gasteiger partial charge in [-0.15, -0.1) is 0 Å². The standard InChI is InChI=1S/C59H113NO5/c1-3-5-7-9-11-13-15-17-19-21-23-24-26-28-31-35-39-43-47-51-57(62)56(55-61)60-58(63)52-48-44-40-36-32-30-34-38-42-46-50-54-65-59(64)53-49-45-41-37-33-29-27-25-22-20-18-16-14-12-10-8-6-4-2/h20,22,47,51,56-57,61-62H,3-19,21,23-46,48-50,52-55H2,1-2H3,(H,60,63)/b22-20-,51-47+. The van der Waals surface area contributed by atoms with Crippen LogP contribution in [0.3, 0.4) is 0 Å². The molecule has 0 bridgehead atoms. The minimum absolute atomic E-state index is 0.0178. The van der Waals surface area contributed by atoms with Gasteiger partial charge in [0.25, 0.3) is 0 Å². The quantitative estimate of drug-likeness (QED) is 0.0321. The smallest absolute Gasteiger partial charge is 0.305 e. The molecule has 0 aromatic heterocycles. The van der Waals surface area contributed by atoms with Crippen LogP contribution in [0.1, 0.15) is 316 Å². The molecule has 1 amide bonds. The second-order valence-electron chi connectivity index (χ2n) is 20.0. The molecule has 0 heterocycles. The van der Waals surface area contributed by atoms with Crippen molar-refractivity contribution >= 4 is 11.9 Å². The van der Waals surface area contributed by atoms with Crippen LogP contribution < -0.4 is 5.32 Å². The van der Waals surface area contributed by atoms with Crippen molar-refractivity contribution in [1.29, 1.82) is 0 Å². The maximum Gasteiger partial charge on any atom is 0.305 e. The third-order valence-electron chi connectivity index (χ3n) is 13.5. The van der Waals surface area contributed by atoms with Gasteiger partial charge in [-0.25, -0.2) is 0 Å². The number of rotatable bonds is 54. The molecule has 0 aliphatic carbocycles. The van der Waals surface area contributed by atoms with E-state index in [1.165, 1.54) is 231 Å².